The van der Waals surface area contributed by atoms with Gasteiger partial charge >= 0.3 is 5.97 Å². The van der Waals surface area contributed by atoms with Gasteiger partial charge in [-0.25, -0.2) is 4.79 Å². The Morgan fingerprint density at radius 2 is 1.65 bits per heavy atom. The normalized spacial score (nSPS) is 11.4. The van der Waals surface area contributed by atoms with E-state index in [1.54, 1.807) is 55.5 Å². The van der Waals surface area contributed by atoms with Crippen LogP contribution in [0.3, 0.4) is 0 Å². The molecule has 0 radical (unpaired) electrons. The van der Waals surface area contributed by atoms with Crippen molar-refractivity contribution in [1.29, 1.82) is 0 Å². The predicted molar refractivity (Wildman–Crippen MR) is 88.0 cm³/mol. The van der Waals surface area contributed by atoms with Crippen molar-refractivity contribution in [3.63, 3.8) is 0 Å². The van der Waals surface area contributed by atoms with E-state index in [1.165, 1.54) is 7.11 Å². The summed E-state index contributed by atoms with van der Waals surface area (Å²) in [6.07, 6.45) is -0.684. The Morgan fingerprint density at radius 3 is 2.22 bits per heavy atom. The van der Waals surface area contributed by atoms with Crippen LogP contribution in [0.1, 0.15) is 17.3 Å². The summed E-state index contributed by atoms with van der Waals surface area (Å²) in [4.78, 5) is 23.4. The van der Waals surface area contributed by atoms with Crippen molar-refractivity contribution in [3.05, 3.63) is 59.1 Å². The van der Waals surface area contributed by atoms with Gasteiger partial charge in [-0.2, -0.15) is 0 Å². The Kier molecular flexibility index (Phi) is 5.60. The second-order valence-electron chi connectivity index (χ2n) is 4.77. The Hall–Kier alpha value is -2.53. The van der Waals surface area contributed by atoms with E-state index >= 15 is 0 Å². The first kappa shape index (κ1) is 16.8. The molecule has 0 fully saturated rings. The highest BCUT2D eigenvalue weighted by Crippen LogP contribution is 2.17. The molecule has 6 heteroatoms. The number of hydrogen-bond acceptors (Lipinski definition) is 4. The van der Waals surface area contributed by atoms with Gasteiger partial charge in [0, 0.05) is 10.7 Å². The molecule has 2 rings (SSSR count). The molecule has 0 aromatic heterocycles. The van der Waals surface area contributed by atoms with Gasteiger partial charge in [0.15, 0.2) is 6.10 Å². The standard InChI is InChI=1S/C17H16ClNO4/c1-11(23-15-9-5-13(18)6-10-15)16(20)19-14-7-3-12(4-8-14)17(21)22-2/h3-11H,1-2H3,(H,19,20)/t11-/m1/s1. The molecule has 0 spiro atoms. The number of ether oxygens (including phenoxy) is 2. The summed E-state index contributed by atoms with van der Waals surface area (Å²) in [5, 5.41) is 3.31. The summed E-state index contributed by atoms with van der Waals surface area (Å²) < 4.78 is 10.2. The van der Waals surface area contributed by atoms with Gasteiger partial charge in [-0.1, -0.05) is 11.6 Å². The number of anilines is 1. The summed E-state index contributed by atoms with van der Waals surface area (Å²) in [6.45, 7) is 1.65. The monoisotopic (exact) mass is 333 g/mol. The molecule has 0 saturated heterocycles. The smallest absolute Gasteiger partial charge is 0.337 e. The number of esters is 1. The maximum atomic E-state index is 12.1. The van der Waals surface area contributed by atoms with Crippen LogP contribution >= 0.6 is 11.6 Å². The molecule has 0 unspecified atom stereocenters. The number of carbonyl (C=O) groups is 2. The molecule has 0 bridgehead atoms. The summed E-state index contributed by atoms with van der Waals surface area (Å²) in [7, 11) is 1.31. The molecule has 0 aliphatic rings. The van der Waals surface area contributed by atoms with Crippen LogP contribution in [0.2, 0.25) is 5.02 Å². The first-order valence-electron chi connectivity index (χ1n) is 6.91. The molecular formula is C17H16ClNO4. The molecule has 120 valence electrons. The molecule has 2 aromatic carbocycles. The van der Waals surface area contributed by atoms with Crippen molar-refractivity contribution in [2.75, 3.05) is 12.4 Å². The zero-order valence-electron chi connectivity index (χ0n) is 12.7. The fourth-order valence-electron chi connectivity index (χ4n) is 1.82. The van der Waals surface area contributed by atoms with E-state index in [4.69, 9.17) is 16.3 Å². The maximum absolute atomic E-state index is 12.1. The molecule has 23 heavy (non-hydrogen) atoms. The zero-order chi connectivity index (χ0) is 16.8. The third-order valence-corrected chi connectivity index (χ3v) is 3.32. The van der Waals surface area contributed by atoms with E-state index in [9.17, 15) is 9.59 Å². The zero-order valence-corrected chi connectivity index (χ0v) is 13.5. The van der Waals surface area contributed by atoms with Crippen LogP contribution in [0, 0.1) is 0 Å². The van der Waals surface area contributed by atoms with Gasteiger partial charge in [0.25, 0.3) is 5.91 Å². The van der Waals surface area contributed by atoms with E-state index in [0.717, 1.165) is 0 Å². The number of rotatable bonds is 5. The lowest BCUT2D eigenvalue weighted by Crippen LogP contribution is -2.30. The number of hydrogen-bond donors (Lipinski definition) is 1. The minimum Gasteiger partial charge on any atom is -0.481 e. The van der Waals surface area contributed by atoms with Gasteiger partial charge in [-0.15, -0.1) is 0 Å². The quantitative estimate of drug-likeness (QED) is 0.850. The van der Waals surface area contributed by atoms with Crippen LogP contribution in [-0.4, -0.2) is 25.1 Å². The van der Waals surface area contributed by atoms with E-state index in [1.807, 2.05) is 0 Å². The largest absolute Gasteiger partial charge is 0.481 e. The molecule has 0 aliphatic carbocycles. The summed E-state index contributed by atoms with van der Waals surface area (Å²) in [5.74, 6) is -0.175. The van der Waals surface area contributed by atoms with Crippen molar-refractivity contribution < 1.29 is 19.1 Å². The van der Waals surface area contributed by atoms with Crippen molar-refractivity contribution in [1.82, 2.24) is 0 Å². The Balaban J connectivity index is 1.95. The van der Waals surface area contributed by atoms with Crippen LogP contribution in [0.25, 0.3) is 0 Å². The number of carbonyl (C=O) groups excluding carboxylic acids is 2. The molecule has 2 aromatic rings. The number of nitrogens with one attached hydrogen (secondary N) is 1. The molecule has 1 amide bonds. The first-order chi connectivity index (χ1) is 11.0. The van der Waals surface area contributed by atoms with Crippen molar-refractivity contribution in [2.24, 2.45) is 0 Å². The van der Waals surface area contributed by atoms with Crippen molar-refractivity contribution >= 4 is 29.2 Å². The molecular weight excluding hydrogens is 318 g/mol. The van der Waals surface area contributed by atoms with Crippen LogP contribution < -0.4 is 10.1 Å². The predicted octanol–water partition coefficient (Wildman–Crippen LogP) is 3.53. The average molecular weight is 334 g/mol. The maximum Gasteiger partial charge on any atom is 0.337 e. The highest BCUT2D eigenvalue weighted by Gasteiger charge is 2.15. The van der Waals surface area contributed by atoms with Gasteiger partial charge in [-0.3, -0.25) is 4.79 Å². The van der Waals surface area contributed by atoms with E-state index in [2.05, 4.69) is 10.1 Å². The van der Waals surface area contributed by atoms with Gasteiger partial charge in [-0.05, 0) is 55.5 Å². The minimum absolute atomic E-state index is 0.300. The van der Waals surface area contributed by atoms with Crippen molar-refractivity contribution in [2.45, 2.75) is 13.0 Å². The van der Waals surface area contributed by atoms with E-state index < -0.39 is 12.1 Å². The van der Waals surface area contributed by atoms with Crippen LogP contribution in [-0.2, 0) is 9.53 Å². The lowest BCUT2D eigenvalue weighted by molar-refractivity contribution is -0.122. The summed E-state index contributed by atoms with van der Waals surface area (Å²) in [5.41, 5.74) is 0.977. The molecule has 0 heterocycles. The summed E-state index contributed by atoms with van der Waals surface area (Å²) >= 11 is 5.80. The topological polar surface area (TPSA) is 64.6 Å². The fraction of sp³-hybridized carbons (Fsp3) is 0.176. The SMILES string of the molecule is COC(=O)c1ccc(NC(=O)[C@@H](C)Oc2ccc(Cl)cc2)cc1. The second-order valence-corrected chi connectivity index (χ2v) is 5.21. The average Bonchev–Trinajstić information content (AvgIpc) is 2.56. The van der Waals surface area contributed by atoms with E-state index in [0.29, 0.717) is 22.0 Å². The molecule has 0 aliphatic heterocycles. The second kappa shape index (κ2) is 7.65. The Morgan fingerprint density at radius 1 is 1.04 bits per heavy atom. The third-order valence-electron chi connectivity index (χ3n) is 3.07. The van der Waals surface area contributed by atoms with Gasteiger partial charge in [0.05, 0.1) is 12.7 Å². The van der Waals surface area contributed by atoms with E-state index in [-0.39, 0.29) is 5.91 Å². The third kappa shape index (κ3) is 4.72. The molecule has 5 nitrogen and oxygen atoms in total. The highest BCUT2D eigenvalue weighted by molar-refractivity contribution is 6.30. The van der Waals surface area contributed by atoms with Crippen LogP contribution in [0.5, 0.6) is 5.75 Å². The Bertz CT molecular complexity index is 683. The highest BCUT2D eigenvalue weighted by atomic mass is 35.5. The van der Waals surface area contributed by atoms with Crippen LogP contribution in [0.4, 0.5) is 5.69 Å². The molecule has 1 N–H and O–H groups in total. The number of amides is 1. The molecule has 1 atom stereocenters. The minimum atomic E-state index is -0.684. The van der Waals surface area contributed by atoms with Gasteiger partial charge in [0.2, 0.25) is 0 Å². The lowest BCUT2D eigenvalue weighted by Gasteiger charge is -2.15. The number of benzene rings is 2. The summed E-state index contributed by atoms with van der Waals surface area (Å²) in [6, 6.07) is 13.2. The van der Waals surface area contributed by atoms with Gasteiger partial charge in [0.1, 0.15) is 5.75 Å². The number of methoxy groups -OCH3 is 1. The first-order valence-corrected chi connectivity index (χ1v) is 7.29. The van der Waals surface area contributed by atoms with Crippen molar-refractivity contribution in [3.8, 4) is 5.75 Å². The number of halogens is 1. The molecule has 0 saturated carbocycles. The fourth-order valence-corrected chi connectivity index (χ4v) is 1.95. The lowest BCUT2D eigenvalue weighted by atomic mass is 10.2. The Labute approximate surface area is 139 Å². The van der Waals surface area contributed by atoms with Crippen LogP contribution in [0.15, 0.2) is 48.5 Å². The van der Waals surface area contributed by atoms with Gasteiger partial charge < -0.3 is 14.8 Å².